The van der Waals surface area contributed by atoms with Gasteiger partial charge in [-0.1, -0.05) is 0 Å². The maximum absolute atomic E-state index is 8.58. The molecule has 0 aliphatic rings. The van der Waals surface area contributed by atoms with Crippen molar-refractivity contribution in [3.05, 3.63) is 18.5 Å². The number of H-pyrrole nitrogens is 1. The highest BCUT2D eigenvalue weighted by atomic mass is 16.3. The van der Waals surface area contributed by atoms with E-state index in [-0.39, 0.29) is 6.61 Å². The number of nitrogens with one attached hydrogen (secondary N) is 1. The Labute approximate surface area is 66.7 Å². The third kappa shape index (κ3) is 2.27. The first-order chi connectivity index (χ1) is 5.34. The Morgan fingerprint density at radius 3 is 3.00 bits per heavy atom. The van der Waals surface area contributed by atoms with Crippen molar-refractivity contribution >= 4 is 5.69 Å². The first-order valence-corrected chi connectivity index (χ1v) is 3.79. The minimum atomic E-state index is 0.259. The monoisotopic (exact) mass is 154 g/mol. The highest BCUT2D eigenvalue weighted by Gasteiger charge is 1.98. The number of aromatic nitrogens is 1. The molecule has 0 bridgehead atoms. The number of hydrogen-bond donors (Lipinski definition) is 2. The summed E-state index contributed by atoms with van der Waals surface area (Å²) in [5, 5.41) is 8.58. The Balaban J connectivity index is 2.36. The number of aliphatic hydroxyl groups is 1. The molecular formula is C8H14N2O. The molecule has 0 aliphatic carbocycles. The van der Waals surface area contributed by atoms with Crippen molar-refractivity contribution in [1.29, 1.82) is 0 Å². The zero-order valence-electron chi connectivity index (χ0n) is 6.75. The van der Waals surface area contributed by atoms with Crippen LogP contribution in [0, 0.1) is 0 Å². The van der Waals surface area contributed by atoms with E-state index in [0.717, 1.165) is 13.0 Å². The molecule has 2 N–H and O–H groups in total. The molecule has 0 amide bonds. The number of nitrogens with zero attached hydrogens (tertiary/aromatic N) is 1. The second kappa shape index (κ2) is 4.03. The third-order valence-corrected chi connectivity index (χ3v) is 1.67. The summed E-state index contributed by atoms with van der Waals surface area (Å²) < 4.78 is 0. The lowest BCUT2D eigenvalue weighted by Crippen LogP contribution is -2.18. The number of anilines is 1. The highest BCUT2D eigenvalue weighted by Crippen LogP contribution is 2.09. The lowest BCUT2D eigenvalue weighted by molar-refractivity contribution is 0.290. The summed E-state index contributed by atoms with van der Waals surface area (Å²) >= 11 is 0. The first-order valence-electron chi connectivity index (χ1n) is 3.79. The van der Waals surface area contributed by atoms with Crippen LogP contribution in [-0.2, 0) is 0 Å². The first kappa shape index (κ1) is 8.14. The molecule has 1 aromatic heterocycles. The van der Waals surface area contributed by atoms with E-state index in [1.807, 2.05) is 25.5 Å². The minimum Gasteiger partial charge on any atom is -0.396 e. The average molecular weight is 154 g/mol. The Kier molecular flexibility index (Phi) is 2.98. The standard InChI is InChI=1S/C8H14N2O/c1-10(5-2-6-11)8-3-4-9-7-8/h3-4,7,9,11H,2,5-6H2,1H3. The van der Waals surface area contributed by atoms with Crippen molar-refractivity contribution in [3.8, 4) is 0 Å². The lowest BCUT2D eigenvalue weighted by atomic mass is 10.4. The Bertz CT molecular complexity index is 184. The number of rotatable bonds is 4. The Morgan fingerprint density at radius 2 is 2.45 bits per heavy atom. The Hall–Kier alpha value is -0.960. The van der Waals surface area contributed by atoms with Gasteiger partial charge < -0.3 is 15.0 Å². The van der Waals surface area contributed by atoms with Gasteiger partial charge in [0.1, 0.15) is 0 Å². The summed E-state index contributed by atoms with van der Waals surface area (Å²) in [6.07, 6.45) is 4.66. The van der Waals surface area contributed by atoms with Gasteiger partial charge in [0, 0.05) is 32.6 Å². The van der Waals surface area contributed by atoms with Gasteiger partial charge in [-0.15, -0.1) is 0 Å². The molecule has 1 aromatic rings. The zero-order valence-corrected chi connectivity index (χ0v) is 6.75. The van der Waals surface area contributed by atoms with Gasteiger partial charge in [-0.2, -0.15) is 0 Å². The van der Waals surface area contributed by atoms with Gasteiger partial charge in [0.25, 0.3) is 0 Å². The van der Waals surface area contributed by atoms with Crippen molar-refractivity contribution in [2.24, 2.45) is 0 Å². The van der Waals surface area contributed by atoms with Crippen LogP contribution in [-0.4, -0.2) is 30.3 Å². The molecule has 1 heterocycles. The van der Waals surface area contributed by atoms with Crippen LogP contribution in [0.3, 0.4) is 0 Å². The fourth-order valence-electron chi connectivity index (χ4n) is 0.990. The molecule has 0 aliphatic heterocycles. The maximum Gasteiger partial charge on any atom is 0.0541 e. The summed E-state index contributed by atoms with van der Waals surface area (Å²) in [6.45, 7) is 1.16. The largest absolute Gasteiger partial charge is 0.396 e. The molecule has 0 saturated heterocycles. The predicted molar refractivity (Wildman–Crippen MR) is 45.8 cm³/mol. The predicted octanol–water partition coefficient (Wildman–Crippen LogP) is 0.833. The topological polar surface area (TPSA) is 39.3 Å². The van der Waals surface area contributed by atoms with Crippen LogP contribution in [0.15, 0.2) is 18.5 Å². The molecule has 0 saturated carbocycles. The summed E-state index contributed by atoms with van der Waals surface area (Å²) in [7, 11) is 2.01. The zero-order chi connectivity index (χ0) is 8.10. The summed E-state index contributed by atoms with van der Waals surface area (Å²) in [5.74, 6) is 0. The van der Waals surface area contributed by atoms with E-state index in [1.165, 1.54) is 5.69 Å². The smallest absolute Gasteiger partial charge is 0.0541 e. The van der Waals surface area contributed by atoms with Gasteiger partial charge in [-0.25, -0.2) is 0 Å². The quantitative estimate of drug-likeness (QED) is 0.674. The molecule has 0 unspecified atom stereocenters. The van der Waals surface area contributed by atoms with Crippen molar-refractivity contribution in [2.45, 2.75) is 6.42 Å². The van der Waals surface area contributed by atoms with E-state index in [9.17, 15) is 0 Å². The van der Waals surface area contributed by atoms with Gasteiger partial charge in [-0.3, -0.25) is 0 Å². The third-order valence-electron chi connectivity index (χ3n) is 1.67. The molecule has 0 atom stereocenters. The molecule has 11 heavy (non-hydrogen) atoms. The van der Waals surface area contributed by atoms with Gasteiger partial charge in [0.2, 0.25) is 0 Å². The van der Waals surface area contributed by atoms with Crippen LogP contribution < -0.4 is 4.90 Å². The molecule has 62 valence electrons. The lowest BCUT2D eigenvalue weighted by Gasteiger charge is -2.15. The molecule has 1 rings (SSSR count). The van der Waals surface area contributed by atoms with Crippen LogP contribution in [0.1, 0.15) is 6.42 Å². The van der Waals surface area contributed by atoms with Gasteiger partial charge in [-0.05, 0) is 12.5 Å². The van der Waals surface area contributed by atoms with Crippen LogP contribution >= 0.6 is 0 Å². The second-order valence-electron chi connectivity index (χ2n) is 2.57. The van der Waals surface area contributed by atoms with E-state index >= 15 is 0 Å². The molecule has 0 fully saturated rings. The van der Waals surface area contributed by atoms with E-state index in [0.29, 0.717) is 0 Å². The van der Waals surface area contributed by atoms with Crippen LogP contribution in [0.4, 0.5) is 5.69 Å². The van der Waals surface area contributed by atoms with E-state index in [4.69, 9.17) is 5.11 Å². The number of hydrogen-bond acceptors (Lipinski definition) is 2. The molecule has 0 radical (unpaired) electrons. The fourth-order valence-corrected chi connectivity index (χ4v) is 0.990. The molecule has 0 aromatic carbocycles. The Morgan fingerprint density at radius 1 is 1.64 bits per heavy atom. The summed E-state index contributed by atoms with van der Waals surface area (Å²) in [6, 6.07) is 2.01. The van der Waals surface area contributed by atoms with Crippen molar-refractivity contribution in [2.75, 3.05) is 25.1 Å². The highest BCUT2D eigenvalue weighted by molar-refractivity contribution is 5.42. The van der Waals surface area contributed by atoms with Crippen molar-refractivity contribution in [3.63, 3.8) is 0 Å². The molecular weight excluding hydrogens is 140 g/mol. The molecule has 3 heteroatoms. The summed E-state index contributed by atoms with van der Waals surface area (Å²) in [5.41, 5.74) is 1.17. The van der Waals surface area contributed by atoms with Gasteiger partial charge >= 0.3 is 0 Å². The van der Waals surface area contributed by atoms with Crippen molar-refractivity contribution < 1.29 is 5.11 Å². The SMILES string of the molecule is CN(CCCO)c1cc[nH]c1. The molecule has 0 spiro atoms. The van der Waals surface area contributed by atoms with E-state index in [2.05, 4.69) is 9.88 Å². The van der Waals surface area contributed by atoms with Gasteiger partial charge in [0.05, 0.1) is 5.69 Å². The average Bonchev–Trinajstić information content (AvgIpc) is 2.52. The normalized spacial score (nSPS) is 10.0. The van der Waals surface area contributed by atoms with Crippen LogP contribution in [0.2, 0.25) is 0 Å². The number of aliphatic hydroxyl groups excluding tert-OH is 1. The van der Waals surface area contributed by atoms with E-state index in [1.54, 1.807) is 0 Å². The van der Waals surface area contributed by atoms with E-state index < -0.39 is 0 Å². The van der Waals surface area contributed by atoms with Gasteiger partial charge in [0.15, 0.2) is 0 Å². The summed E-state index contributed by atoms with van der Waals surface area (Å²) in [4.78, 5) is 5.09. The minimum absolute atomic E-state index is 0.259. The second-order valence-corrected chi connectivity index (χ2v) is 2.57. The maximum atomic E-state index is 8.58. The van der Waals surface area contributed by atoms with Crippen molar-refractivity contribution in [1.82, 2.24) is 4.98 Å². The number of aromatic amines is 1. The molecule has 3 nitrogen and oxygen atoms in total. The van der Waals surface area contributed by atoms with Crippen LogP contribution in [0.5, 0.6) is 0 Å². The fraction of sp³-hybridized carbons (Fsp3) is 0.500. The van der Waals surface area contributed by atoms with Crippen LogP contribution in [0.25, 0.3) is 0 Å².